The monoisotopic (exact) mass is 349 g/mol. The average molecular weight is 350 g/mol. The number of carbonyl (C=O) groups excluding carboxylic acids is 1. The Morgan fingerprint density at radius 3 is 2.67 bits per heavy atom. The predicted molar refractivity (Wildman–Crippen MR) is 84.3 cm³/mol. The maximum Gasteiger partial charge on any atom is 0.274 e. The fourth-order valence-electron chi connectivity index (χ4n) is 1.84. The summed E-state index contributed by atoms with van der Waals surface area (Å²) in [7, 11) is 0. The number of hydrogen-bond acceptors (Lipinski definition) is 4. The van der Waals surface area contributed by atoms with Crippen LogP contribution >= 0.6 is 15.9 Å². The van der Waals surface area contributed by atoms with Crippen LogP contribution in [0.2, 0.25) is 0 Å². The second kappa shape index (κ2) is 5.92. The SMILES string of the molecule is Cc1c(NC(=O)c2ccc(Br)c(N)c2)cccc1[N+](=O)[O-]. The number of rotatable bonds is 3. The zero-order valence-electron chi connectivity index (χ0n) is 11.1. The van der Waals surface area contributed by atoms with Crippen molar-refractivity contribution in [2.24, 2.45) is 0 Å². The lowest BCUT2D eigenvalue weighted by Crippen LogP contribution is -2.13. The Labute approximate surface area is 129 Å². The highest BCUT2D eigenvalue weighted by Gasteiger charge is 2.15. The van der Waals surface area contributed by atoms with Crippen LogP contribution in [0.1, 0.15) is 15.9 Å². The molecule has 2 aromatic carbocycles. The van der Waals surface area contributed by atoms with Crippen molar-refractivity contribution in [1.29, 1.82) is 0 Å². The lowest BCUT2D eigenvalue weighted by Gasteiger charge is -2.09. The summed E-state index contributed by atoms with van der Waals surface area (Å²) in [5, 5.41) is 13.5. The van der Waals surface area contributed by atoms with Crippen LogP contribution in [0.25, 0.3) is 0 Å². The van der Waals surface area contributed by atoms with Crippen LogP contribution in [0, 0.1) is 17.0 Å². The molecule has 0 bridgehead atoms. The molecule has 6 nitrogen and oxygen atoms in total. The summed E-state index contributed by atoms with van der Waals surface area (Å²) in [5.41, 5.74) is 7.31. The van der Waals surface area contributed by atoms with E-state index >= 15 is 0 Å². The Morgan fingerprint density at radius 2 is 2.05 bits per heavy atom. The molecule has 0 aliphatic carbocycles. The molecule has 7 heteroatoms. The Balaban J connectivity index is 2.29. The molecule has 0 fully saturated rings. The molecule has 0 atom stereocenters. The second-order valence-corrected chi connectivity index (χ2v) is 5.25. The lowest BCUT2D eigenvalue weighted by molar-refractivity contribution is -0.385. The molecule has 0 heterocycles. The summed E-state index contributed by atoms with van der Waals surface area (Å²) < 4.78 is 0.700. The minimum absolute atomic E-state index is 0.0388. The number of halogens is 1. The fourth-order valence-corrected chi connectivity index (χ4v) is 2.08. The minimum atomic E-state index is -0.484. The topological polar surface area (TPSA) is 98.3 Å². The highest BCUT2D eigenvalue weighted by Crippen LogP contribution is 2.26. The van der Waals surface area contributed by atoms with Crippen LogP contribution in [0.4, 0.5) is 17.1 Å². The third-order valence-electron chi connectivity index (χ3n) is 3.01. The van der Waals surface area contributed by atoms with Crippen LogP contribution in [0.3, 0.4) is 0 Å². The van der Waals surface area contributed by atoms with Gasteiger partial charge in [-0.25, -0.2) is 0 Å². The molecule has 0 radical (unpaired) electrons. The van der Waals surface area contributed by atoms with Gasteiger partial charge < -0.3 is 11.1 Å². The van der Waals surface area contributed by atoms with Gasteiger partial charge >= 0.3 is 0 Å². The van der Waals surface area contributed by atoms with E-state index in [-0.39, 0.29) is 11.6 Å². The fraction of sp³-hybridized carbons (Fsp3) is 0.0714. The molecule has 0 aliphatic rings. The number of nitro benzene ring substituents is 1. The van der Waals surface area contributed by atoms with Crippen molar-refractivity contribution in [2.75, 3.05) is 11.1 Å². The number of hydrogen-bond donors (Lipinski definition) is 2. The molecule has 1 amide bonds. The number of benzene rings is 2. The summed E-state index contributed by atoms with van der Waals surface area (Å²) >= 11 is 3.25. The van der Waals surface area contributed by atoms with E-state index in [0.29, 0.717) is 27.0 Å². The number of carbonyl (C=O) groups is 1. The van der Waals surface area contributed by atoms with Crippen molar-refractivity contribution < 1.29 is 9.72 Å². The highest BCUT2D eigenvalue weighted by molar-refractivity contribution is 9.10. The van der Waals surface area contributed by atoms with E-state index in [4.69, 9.17) is 5.73 Å². The van der Waals surface area contributed by atoms with E-state index in [9.17, 15) is 14.9 Å². The Kier molecular flexibility index (Phi) is 4.23. The second-order valence-electron chi connectivity index (χ2n) is 4.40. The molecule has 0 aromatic heterocycles. The van der Waals surface area contributed by atoms with Crippen molar-refractivity contribution in [2.45, 2.75) is 6.92 Å². The van der Waals surface area contributed by atoms with E-state index in [1.54, 1.807) is 25.1 Å². The summed E-state index contributed by atoms with van der Waals surface area (Å²) in [4.78, 5) is 22.6. The molecule has 108 valence electrons. The molecule has 0 aliphatic heterocycles. The molecule has 0 saturated carbocycles. The van der Waals surface area contributed by atoms with Crippen LogP contribution in [0.5, 0.6) is 0 Å². The van der Waals surface area contributed by atoms with Crippen LogP contribution in [0.15, 0.2) is 40.9 Å². The number of nitrogens with two attached hydrogens (primary N) is 1. The Bertz CT molecular complexity index is 731. The number of nitrogen functional groups attached to an aromatic ring is 1. The quantitative estimate of drug-likeness (QED) is 0.503. The summed E-state index contributed by atoms with van der Waals surface area (Å²) in [6.45, 7) is 1.59. The number of anilines is 2. The minimum Gasteiger partial charge on any atom is -0.398 e. The molecule has 0 unspecified atom stereocenters. The first kappa shape index (κ1) is 15.0. The van der Waals surface area contributed by atoms with Gasteiger partial charge in [-0.2, -0.15) is 0 Å². The van der Waals surface area contributed by atoms with Crippen LogP contribution in [-0.2, 0) is 0 Å². The van der Waals surface area contributed by atoms with Gasteiger partial charge in [0.15, 0.2) is 0 Å². The van der Waals surface area contributed by atoms with Crippen LogP contribution < -0.4 is 11.1 Å². The molecular weight excluding hydrogens is 338 g/mol. The van der Waals surface area contributed by atoms with Crippen molar-refractivity contribution >= 4 is 38.9 Å². The van der Waals surface area contributed by atoms with E-state index in [0.717, 1.165) is 0 Å². The van der Waals surface area contributed by atoms with Crippen LogP contribution in [-0.4, -0.2) is 10.8 Å². The summed E-state index contributed by atoms with van der Waals surface area (Å²) in [5.74, 6) is -0.377. The molecule has 0 saturated heterocycles. The van der Waals surface area contributed by atoms with E-state index < -0.39 is 4.92 Å². The van der Waals surface area contributed by atoms with Crippen molar-refractivity contribution in [3.05, 3.63) is 62.1 Å². The van der Waals surface area contributed by atoms with Gasteiger partial charge in [0, 0.05) is 21.8 Å². The first-order chi connectivity index (χ1) is 9.90. The van der Waals surface area contributed by atoms with Gasteiger partial charge in [-0.1, -0.05) is 6.07 Å². The smallest absolute Gasteiger partial charge is 0.274 e. The first-order valence-corrected chi connectivity index (χ1v) is 6.80. The van der Waals surface area contributed by atoms with Gasteiger partial charge in [-0.3, -0.25) is 14.9 Å². The standard InChI is InChI=1S/C14H12BrN3O3/c1-8-12(3-2-4-13(8)18(20)21)17-14(19)9-5-6-10(15)11(16)7-9/h2-7H,16H2,1H3,(H,17,19). The molecule has 3 N–H and O–H groups in total. The van der Waals surface area contributed by atoms with Crippen molar-refractivity contribution in [3.8, 4) is 0 Å². The van der Waals surface area contributed by atoms with Crippen molar-refractivity contribution in [3.63, 3.8) is 0 Å². The molecule has 21 heavy (non-hydrogen) atoms. The third-order valence-corrected chi connectivity index (χ3v) is 3.73. The maximum absolute atomic E-state index is 12.2. The Hall–Kier alpha value is -2.41. The number of nitro groups is 1. The first-order valence-electron chi connectivity index (χ1n) is 6.00. The summed E-state index contributed by atoms with van der Waals surface area (Å²) in [6.07, 6.45) is 0. The zero-order chi connectivity index (χ0) is 15.6. The van der Waals surface area contributed by atoms with E-state index in [1.165, 1.54) is 18.2 Å². The lowest BCUT2D eigenvalue weighted by atomic mass is 10.1. The van der Waals surface area contributed by atoms with E-state index in [2.05, 4.69) is 21.2 Å². The molecule has 2 rings (SSSR count). The van der Waals surface area contributed by atoms with Gasteiger partial charge in [0.25, 0.3) is 11.6 Å². The maximum atomic E-state index is 12.2. The highest BCUT2D eigenvalue weighted by atomic mass is 79.9. The number of nitrogens with one attached hydrogen (secondary N) is 1. The third kappa shape index (κ3) is 3.19. The summed E-state index contributed by atoms with van der Waals surface area (Å²) in [6, 6.07) is 9.35. The van der Waals surface area contributed by atoms with E-state index in [1.807, 2.05) is 0 Å². The Morgan fingerprint density at radius 1 is 1.33 bits per heavy atom. The molecule has 0 spiro atoms. The molecule has 2 aromatic rings. The largest absolute Gasteiger partial charge is 0.398 e. The van der Waals surface area contributed by atoms with Crippen molar-refractivity contribution in [1.82, 2.24) is 0 Å². The van der Waals surface area contributed by atoms with Gasteiger partial charge in [0.1, 0.15) is 0 Å². The van der Waals surface area contributed by atoms with Gasteiger partial charge in [-0.15, -0.1) is 0 Å². The predicted octanol–water partition coefficient (Wildman–Crippen LogP) is 3.50. The zero-order valence-corrected chi connectivity index (χ0v) is 12.7. The normalized spacial score (nSPS) is 10.2. The number of amides is 1. The van der Waals surface area contributed by atoms with Gasteiger partial charge in [0.05, 0.1) is 16.2 Å². The number of nitrogens with zero attached hydrogens (tertiary/aromatic N) is 1. The van der Waals surface area contributed by atoms with Gasteiger partial charge in [0.2, 0.25) is 0 Å². The molecular formula is C14H12BrN3O3. The van der Waals surface area contributed by atoms with Gasteiger partial charge in [-0.05, 0) is 47.1 Å². The average Bonchev–Trinajstić information content (AvgIpc) is 2.43.